The fourth-order valence-electron chi connectivity index (χ4n) is 2.10. The average Bonchev–Trinajstić information content (AvgIpc) is 2.30. The molecule has 1 aliphatic rings. The number of rotatable bonds is 2. The predicted octanol–water partition coefficient (Wildman–Crippen LogP) is 2.70. The van der Waals surface area contributed by atoms with Crippen LogP contribution in [0.3, 0.4) is 0 Å². The highest BCUT2D eigenvalue weighted by Gasteiger charge is 2.35. The number of amides is 1. The fraction of sp³-hybridized carbons (Fsp3) is 0.462. The van der Waals surface area contributed by atoms with Gasteiger partial charge in [0.25, 0.3) is 0 Å². The van der Waals surface area contributed by atoms with Gasteiger partial charge in [-0.3, -0.25) is 4.79 Å². The van der Waals surface area contributed by atoms with Crippen molar-refractivity contribution in [2.24, 2.45) is 0 Å². The maximum Gasteiger partial charge on any atom is 0.242 e. The van der Waals surface area contributed by atoms with Crippen molar-refractivity contribution in [1.29, 1.82) is 0 Å². The zero-order valence-corrected chi connectivity index (χ0v) is 12.0. The van der Waals surface area contributed by atoms with Gasteiger partial charge in [-0.05, 0) is 37.6 Å². The van der Waals surface area contributed by atoms with E-state index in [-0.39, 0.29) is 5.91 Å². The Hall–Kier alpha value is -0.770. The number of piperazine rings is 1. The highest BCUT2D eigenvalue weighted by molar-refractivity contribution is 6.33. The minimum atomic E-state index is -0.511. The molecule has 5 heteroatoms. The molecule has 1 aliphatic heterocycles. The van der Waals surface area contributed by atoms with Gasteiger partial charge >= 0.3 is 0 Å². The molecule has 0 aliphatic carbocycles. The van der Waals surface area contributed by atoms with Crippen LogP contribution in [0.2, 0.25) is 10.0 Å². The lowest BCUT2D eigenvalue weighted by molar-refractivity contribution is -0.140. The molecule has 0 radical (unpaired) electrons. The SMILES string of the molecule is CC1(C)NCCN(Cc2cc(Cl)ccc2Cl)C1=O. The molecule has 0 atom stereocenters. The molecule has 98 valence electrons. The van der Waals surface area contributed by atoms with Crippen molar-refractivity contribution in [2.45, 2.75) is 25.9 Å². The molecule has 3 nitrogen and oxygen atoms in total. The maximum atomic E-state index is 12.2. The first-order valence-corrected chi connectivity index (χ1v) is 6.64. The molecule has 1 saturated heterocycles. The Morgan fingerprint density at radius 3 is 2.83 bits per heavy atom. The number of hydrogen-bond donors (Lipinski definition) is 1. The average molecular weight is 287 g/mol. The van der Waals surface area contributed by atoms with Gasteiger partial charge in [-0.2, -0.15) is 0 Å². The number of hydrogen-bond acceptors (Lipinski definition) is 2. The van der Waals surface area contributed by atoms with Crippen molar-refractivity contribution in [3.63, 3.8) is 0 Å². The Balaban J connectivity index is 2.18. The highest BCUT2D eigenvalue weighted by Crippen LogP contribution is 2.23. The van der Waals surface area contributed by atoms with Crippen molar-refractivity contribution in [1.82, 2.24) is 10.2 Å². The topological polar surface area (TPSA) is 32.3 Å². The molecule has 1 fully saturated rings. The zero-order chi connectivity index (χ0) is 13.3. The smallest absolute Gasteiger partial charge is 0.242 e. The second-order valence-electron chi connectivity index (χ2n) is 5.01. The number of carbonyl (C=O) groups excluding carboxylic acids is 1. The molecule has 0 spiro atoms. The molecule has 1 heterocycles. The lowest BCUT2D eigenvalue weighted by atomic mass is 10.0. The molecule has 1 aromatic carbocycles. The van der Waals surface area contributed by atoms with Gasteiger partial charge in [0.05, 0.1) is 5.54 Å². The van der Waals surface area contributed by atoms with Crippen LogP contribution in [0.4, 0.5) is 0 Å². The van der Waals surface area contributed by atoms with Gasteiger partial charge in [0.2, 0.25) is 5.91 Å². The second-order valence-corrected chi connectivity index (χ2v) is 5.86. The first-order chi connectivity index (χ1) is 8.40. The maximum absolute atomic E-state index is 12.2. The summed E-state index contributed by atoms with van der Waals surface area (Å²) in [4.78, 5) is 14.0. The summed E-state index contributed by atoms with van der Waals surface area (Å²) in [5.41, 5.74) is 0.374. The first-order valence-electron chi connectivity index (χ1n) is 5.88. The number of nitrogens with one attached hydrogen (secondary N) is 1. The standard InChI is InChI=1S/C13H16Cl2N2O/c1-13(2)12(18)17(6-5-16-13)8-9-7-10(14)3-4-11(9)15/h3-4,7,16H,5-6,8H2,1-2H3. The summed E-state index contributed by atoms with van der Waals surface area (Å²) in [6.45, 7) is 5.76. The Kier molecular flexibility index (Phi) is 3.85. The number of halogens is 2. The second kappa shape index (κ2) is 5.08. The van der Waals surface area contributed by atoms with E-state index in [1.54, 1.807) is 12.1 Å². The summed E-state index contributed by atoms with van der Waals surface area (Å²) in [6.07, 6.45) is 0. The summed E-state index contributed by atoms with van der Waals surface area (Å²) in [5.74, 6) is 0.0878. The molecule has 18 heavy (non-hydrogen) atoms. The lowest BCUT2D eigenvalue weighted by Crippen LogP contribution is -2.60. The van der Waals surface area contributed by atoms with Gasteiger partial charge < -0.3 is 10.2 Å². The minimum absolute atomic E-state index is 0.0878. The summed E-state index contributed by atoms with van der Waals surface area (Å²) in [7, 11) is 0. The van der Waals surface area contributed by atoms with E-state index in [0.29, 0.717) is 23.1 Å². The Bertz CT molecular complexity index is 474. The van der Waals surface area contributed by atoms with Crippen LogP contribution < -0.4 is 5.32 Å². The molecular formula is C13H16Cl2N2O. The van der Waals surface area contributed by atoms with Crippen LogP contribution in [-0.4, -0.2) is 29.4 Å². The van der Waals surface area contributed by atoms with Crippen molar-refractivity contribution < 1.29 is 4.79 Å². The molecule has 0 bridgehead atoms. The lowest BCUT2D eigenvalue weighted by Gasteiger charge is -2.38. The van der Waals surface area contributed by atoms with Crippen LogP contribution in [0.1, 0.15) is 19.4 Å². The number of carbonyl (C=O) groups is 1. The molecule has 1 N–H and O–H groups in total. The minimum Gasteiger partial charge on any atom is -0.335 e. The van der Waals surface area contributed by atoms with Gasteiger partial charge in [0.1, 0.15) is 0 Å². The van der Waals surface area contributed by atoms with Gasteiger partial charge in [-0.1, -0.05) is 23.2 Å². The summed E-state index contributed by atoms with van der Waals surface area (Å²) in [6, 6.07) is 5.32. The molecule has 0 saturated carbocycles. The fourth-order valence-corrected chi connectivity index (χ4v) is 2.47. The molecule has 0 aromatic heterocycles. The van der Waals surface area contributed by atoms with Crippen molar-refractivity contribution in [2.75, 3.05) is 13.1 Å². The van der Waals surface area contributed by atoms with E-state index >= 15 is 0 Å². The Morgan fingerprint density at radius 1 is 1.39 bits per heavy atom. The Morgan fingerprint density at radius 2 is 2.11 bits per heavy atom. The van der Waals surface area contributed by atoms with Crippen molar-refractivity contribution in [3.8, 4) is 0 Å². The zero-order valence-electron chi connectivity index (χ0n) is 10.5. The van der Waals surface area contributed by atoms with Gasteiger partial charge in [0, 0.05) is 29.7 Å². The van der Waals surface area contributed by atoms with Crippen LogP contribution in [0.25, 0.3) is 0 Å². The van der Waals surface area contributed by atoms with E-state index in [1.807, 2.05) is 24.8 Å². The van der Waals surface area contributed by atoms with E-state index in [4.69, 9.17) is 23.2 Å². The predicted molar refractivity (Wildman–Crippen MR) is 74.0 cm³/mol. The van der Waals surface area contributed by atoms with Crippen LogP contribution in [0, 0.1) is 0 Å². The van der Waals surface area contributed by atoms with Crippen LogP contribution >= 0.6 is 23.2 Å². The quantitative estimate of drug-likeness (QED) is 0.907. The number of nitrogens with zero attached hydrogens (tertiary/aromatic N) is 1. The number of benzene rings is 1. The van der Waals surface area contributed by atoms with Gasteiger partial charge in [0.15, 0.2) is 0 Å². The third kappa shape index (κ3) is 2.79. The molecule has 1 amide bonds. The monoisotopic (exact) mass is 286 g/mol. The third-order valence-electron chi connectivity index (χ3n) is 3.14. The summed E-state index contributed by atoms with van der Waals surface area (Å²) >= 11 is 12.1. The molecule has 1 aromatic rings. The van der Waals surface area contributed by atoms with E-state index in [9.17, 15) is 4.79 Å². The van der Waals surface area contributed by atoms with Crippen LogP contribution in [0.5, 0.6) is 0 Å². The van der Waals surface area contributed by atoms with E-state index < -0.39 is 5.54 Å². The highest BCUT2D eigenvalue weighted by atomic mass is 35.5. The summed E-state index contributed by atoms with van der Waals surface area (Å²) < 4.78 is 0. The Labute approximate surface area is 117 Å². The molecular weight excluding hydrogens is 271 g/mol. The molecule has 2 rings (SSSR count). The van der Waals surface area contributed by atoms with Crippen molar-refractivity contribution >= 4 is 29.1 Å². The first kappa shape index (κ1) is 13.7. The van der Waals surface area contributed by atoms with Crippen molar-refractivity contribution in [3.05, 3.63) is 33.8 Å². The van der Waals surface area contributed by atoms with Crippen LogP contribution in [0.15, 0.2) is 18.2 Å². The summed E-state index contributed by atoms with van der Waals surface area (Å²) in [5, 5.41) is 4.48. The normalized spacial score (nSPS) is 19.1. The van der Waals surface area contributed by atoms with Gasteiger partial charge in [-0.15, -0.1) is 0 Å². The third-order valence-corrected chi connectivity index (χ3v) is 3.74. The van der Waals surface area contributed by atoms with E-state index in [2.05, 4.69) is 5.32 Å². The van der Waals surface area contributed by atoms with E-state index in [1.165, 1.54) is 0 Å². The van der Waals surface area contributed by atoms with E-state index in [0.717, 1.165) is 12.1 Å². The molecule has 0 unspecified atom stereocenters. The van der Waals surface area contributed by atoms with Gasteiger partial charge in [-0.25, -0.2) is 0 Å². The largest absolute Gasteiger partial charge is 0.335 e. The van der Waals surface area contributed by atoms with Crippen LogP contribution in [-0.2, 0) is 11.3 Å².